The molecule has 3 aromatic heterocycles. The quantitative estimate of drug-likeness (QED) is 0.408. The Morgan fingerprint density at radius 1 is 1.19 bits per heavy atom. The number of aromatic nitrogens is 5. The van der Waals surface area contributed by atoms with Crippen LogP contribution in [0.1, 0.15) is 62.4 Å². The Morgan fingerprint density at radius 3 is 2.78 bits per heavy atom. The first-order valence-corrected chi connectivity index (χ1v) is 13.1. The minimum absolute atomic E-state index is 0.108. The first kappa shape index (κ1) is 22.6. The van der Waals surface area contributed by atoms with Gasteiger partial charge in [0, 0.05) is 35.6 Å². The first-order valence-electron chi connectivity index (χ1n) is 13.1. The predicted octanol–water partition coefficient (Wildman–Crippen LogP) is 4.44. The zero-order valence-electron chi connectivity index (χ0n) is 21.1. The molecule has 8 nitrogen and oxygen atoms in total. The van der Waals surface area contributed by atoms with Gasteiger partial charge in [-0.05, 0) is 67.5 Å². The van der Waals surface area contributed by atoms with Crippen molar-refractivity contribution in [3.05, 3.63) is 69.9 Å². The van der Waals surface area contributed by atoms with E-state index in [1.807, 2.05) is 30.7 Å². The summed E-state index contributed by atoms with van der Waals surface area (Å²) in [6, 6.07) is 10.3. The van der Waals surface area contributed by atoms with E-state index in [1.165, 1.54) is 24.0 Å². The molecule has 0 bridgehead atoms. The molecule has 1 aliphatic heterocycles. The standard InChI is InChI=1S/C28H30FN7O/c1-27(2,16-29)23-14-20(8-11-30-23)35-24-21(25(37)36(35)19-4-5-19)15-31-26(34-24)33-18-3-6-22-17(13-18)7-12-32-28(22)9-10-28/h3,6,8,11,13-15,19,32H,4-5,7,9-10,12,16H2,1-2H3,(H,31,33,34). The lowest BCUT2D eigenvalue weighted by molar-refractivity contribution is 0.344. The molecule has 4 heterocycles. The van der Waals surface area contributed by atoms with Crippen LogP contribution >= 0.6 is 0 Å². The Hall–Kier alpha value is -3.59. The van der Waals surface area contributed by atoms with Gasteiger partial charge < -0.3 is 10.6 Å². The molecule has 37 heavy (non-hydrogen) atoms. The van der Waals surface area contributed by atoms with Crippen LogP contribution in [-0.2, 0) is 17.4 Å². The van der Waals surface area contributed by atoms with E-state index in [0.29, 0.717) is 22.7 Å². The number of benzene rings is 1. The van der Waals surface area contributed by atoms with Crippen LogP contribution in [0.5, 0.6) is 0 Å². The summed E-state index contributed by atoms with van der Waals surface area (Å²) >= 11 is 0. The molecular weight excluding hydrogens is 469 g/mol. The van der Waals surface area contributed by atoms with Gasteiger partial charge in [0.25, 0.3) is 5.56 Å². The second kappa shape index (κ2) is 7.95. The molecule has 1 aromatic carbocycles. The van der Waals surface area contributed by atoms with E-state index in [-0.39, 0.29) is 17.1 Å². The summed E-state index contributed by atoms with van der Waals surface area (Å²) < 4.78 is 17.4. The number of fused-ring (bicyclic) bond motifs is 3. The monoisotopic (exact) mass is 499 g/mol. The van der Waals surface area contributed by atoms with Gasteiger partial charge in [-0.2, -0.15) is 4.98 Å². The van der Waals surface area contributed by atoms with Crippen molar-refractivity contribution in [3.8, 4) is 5.69 Å². The molecule has 0 unspecified atom stereocenters. The summed E-state index contributed by atoms with van der Waals surface area (Å²) in [7, 11) is 0. The van der Waals surface area contributed by atoms with Crippen molar-refractivity contribution >= 4 is 22.7 Å². The van der Waals surface area contributed by atoms with Crippen molar-refractivity contribution in [2.75, 3.05) is 18.5 Å². The van der Waals surface area contributed by atoms with Crippen LogP contribution < -0.4 is 16.2 Å². The minimum atomic E-state index is -0.730. The molecule has 9 heteroatoms. The molecule has 1 spiro atoms. The van der Waals surface area contributed by atoms with E-state index < -0.39 is 12.1 Å². The van der Waals surface area contributed by atoms with Gasteiger partial charge in [-0.25, -0.2) is 14.3 Å². The summed E-state index contributed by atoms with van der Waals surface area (Å²) in [6.07, 6.45) is 8.54. The van der Waals surface area contributed by atoms with Crippen LogP contribution in [0.4, 0.5) is 16.0 Å². The Bertz CT molecular complexity index is 1600. The Balaban J connectivity index is 1.31. The van der Waals surface area contributed by atoms with Crippen LogP contribution in [0.2, 0.25) is 0 Å². The third kappa shape index (κ3) is 3.67. The number of pyridine rings is 1. The highest BCUT2D eigenvalue weighted by Crippen LogP contribution is 2.49. The van der Waals surface area contributed by atoms with Crippen LogP contribution in [0, 0.1) is 0 Å². The summed E-state index contributed by atoms with van der Waals surface area (Å²) in [5.74, 6) is 0.433. The zero-order valence-corrected chi connectivity index (χ0v) is 21.1. The third-order valence-corrected chi connectivity index (χ3v) is 8.02. The van der Waals surface area contributed by atoms with Crippen molar-refractivity contribution in [2.45, 2.75) is 62.9 Å². The van der Waals surface area contributed by atoms with E-state index in [4.69, 9.17) is 4.98 Å². The smallest absolute Gasteiger partial charge is 0.278 e. The molecule has 2 aliphatic carbocycles. The Morgan fingerprint density at radius 2 is 2.03 bits per heavy atom. The SMILES string of the molecule is CC(C)(CF)c1cc(-n2c3nc(Nc4ccc5c(c4)CCNC54CC4)ncc3c(=O)n2C2CC2)ccn1. The third-order valence-electron chi connectivity index (χ3n) is 8.02. The number of nitrogens with one attached hydrogen (secondary N) is 2. The summed E-state index contributed by atoms with van der Waals surface area (Å²) in [6.45, 7) is 4.11. The normalized spacial score (nSPS) is 18.2. The average molecular weight is 500 g/mol. The molecule has 2 saturated carbocycles. The van der Waals surface area contributed by atoms with E-state index in [2.05, 4.69) is 38.8 Å². The molecule has 0 amide bonds. The molecule has 2 fully saturated rings. The summed E-state index contributed by atoms with van der Waals surface area (Å²) in [5, 5.41) is 7.50. The zero-order chi connectivity index (χ0) is 25.4. The maximum absolute atomic E-state index is 13.7. The summed E-state index contributed by atoms with van der Waals surface area (Å²) in [5.41, 5.74) is 4.95. The number of anilines is 2. The fourth-order valence-corrected chi connectivity index (χ4v) is 5.52. The van der Waals surface area contributed by atoms with Crippen LogP contribution in [-0.4, -0.2) is 37.5 Å². The molecule has 190 valence electrons. The maximum atomic E-state index is 13.7. The fourth-order valence-electron chi connectivity index (χ4n) is 5.52. The highest BCUT2D eigenvalue weighted by molar-refractivity contribution is 5.77. The molecule has 2 N–H and O–H groups in total. The van der Waals surface area contributed by atoms with E-state index in [1.54, 1.807) is 17.1 Å². The van der Waals surface area contributed by atoms with Gasteiger partial charge in [-0.1, -0.05) is 19.9 Å². The van der Waals surface area contributed by atoms with Gasteiger partial charge in [-0.15, -0.1) is 0 Å². The molecule has 7 rings (SSSR count). The highest BCUT2D eigenvalue weighted by Gasteiger charge is 2.46. The van der Waals surface area contributed by atoms with E-state index >= 15 is 0 Å². The Kier molecular flexibility index (Phi) is 4.86. The fraction of sp³-hybridized carbons (Fsp3) is 0.429. The molecule has 4 aromatic rings. The number of alkyl halides is 1. The number of halogens is 1. The van der Waals surface area contributed by atoms with Crippen molar-refractivity contribution in [1.29, 1.82) is 0 Å². The van der Waals surface area contributed by atoms with Crippen molar-refractivity contribution in [3.63, 3.8) is 0 Å². The van der Waals surface area contributed by atoms with Crippen LogP contribution in [0.3, 0.4) is 0 Å². The molecule has 0 saturated heterocycles. The highest BCUT2D eigenvalue weighted by atomic mass is 19.1. The van der Waals surface area contributed by atoms with Crippen LogP contribution in [0.25, 0.3) is 16.7 Å². The lowest BCUT2D eigenvalue weighted by Crippen LogP contribution is -2.36. The average Bonchev–Trinajstić information content (AvgIpc) is 3.84. The van der Waals surface area contributed by atoms with Crippen molar-refractivity contribution < 1.29 is 4.39 Å². The van der Waals surface area contributed by atoms with Gasteiger partial charge in [0.15, 0.2) is 5.65 Å². The van der Waals surface area contributed by atoms with Crippen molar-refractivity contribution in [1.82, 2.24) is 29.6 Å². The molecule has 0 radical (unpaired) electrons. The maximum Gasteiger partial charge on any atom is 0.278 e. The van der Waals surface area contributed by atoms with Gasteiger partial charge in [0.05, 0.1) is 17.4 Å². The molecule has 3 aliphatic rings. The van der Waals surface area contributed by atoms with E-state index in [9.17, 15) is 9.18 Å². The molecular formula is C28H30FN7O. The second-order valence-electron chi connectivity index (χ2n) is 11.3. The first-order chi connectivity index (χ1) is 17.9. The number of nitrogens with zero attached hydrogens (tertiary/aromatic N) is 5. The predicted molar refractivity (Wildman–Crippen MR) is 141 cm³/mol. The van der Waals surface area contributed by atoms with E-state index in [0.717, 1.165) is 37.2 Å². The van der Waals surface area contributed by atoms with Crippen LogP contribution in [0.15, 0.2) is 47.5 Å². The van der Waals surface area contributed by atoms with Crippen molar-refractivity contribution in [2.24, 2.45) is 0 Å². The van der Waals surface area contributed by atoms with Gasteiger partial charge >= 0.3 is 0 Å². The Labute approximate surface area is 213 Å². The number of rotatable bonds is 6. The van der Waals surface area contributed by atoms with Gasteiger partial charge in [0.1, 0.15) is 12.1 Å². The second-order valence-corrected chi connectivity index (χ2v) is 11.3. The summed E-state index contributed by atoms with van der Waals surface area (Å²) in [4.78, 5) is 27.1. The number of hydrogen-bond acceptors (Lipinski definition) is 6. The molecule has 0 atom stereocenters. The largest absolute Gasteiger partial charge is 0.324 e. The number of hydrogen-bond donors (Lipinski definition) is 2. The lowest BCUT2D eigenvalue weighted by atomic mass is 9.90. The lowest BCUT2D eigenvalue weighted by Gasteiger charge is -2.27. The topological polar surface area (TPSA) is 89.7 Å². The minimum Gasteiger partial charge on any atom is -0.324 e. The van der Waals surface area contributed by atoms with Gasteiger partial charge in [-0.3, -0.25) is 14.2 Å². The van der Waals surface area contributed by atoms with Gasteiger partial charge in [0.2, 0.25) is 5.95 Å².